The summed E-state index contributed by atoms with van der Waals surface area (Å²) in [5.41, 5.74) is 2.99. The van der Waals surface area contributed by atoms with E-state index in [1.807, 2.05) is 45.9 Å². The molecule has 1 amide bonds. The van der Waals surface area contributed by atoms with Crippen molar-refractivity contribution in [3.63, 3.8) is 0 Å². The molecule has 12 nitrogen and oxygen atoms in total. The van der Waals surface area contributed by atoms with Gasteiger partial charge in [0.2, 0.25) is 0 Å². The van der Waals surface area contributed by atoms with Crippen molar-refractivity contribution in [1.82, 2.24) is 24.5 Å². The number of halogens is 1. The number of nitriles is 1. The SMILES string of the molecule is Cc1cccc(Cl)c1C(=O)CC1(C)CCN(c2cnc(-c3cc(OC[C@@H]4CN(C(=O)OC(C)(C)C)CCO4)cn4ncc(C#N)c34)cn2)CC1. The highest BCUT2D eigenvalue weighted by atomic mass is 35.5. The molecular formula is C37H42ClN7O5. The van der Waals surface area contributed by atoms with Gasteiger partial charge in [0, 0.05) is 37.2 Å². The summed E-state index contributed by atoms with van der Waals surface area (Å²) in [5, 5.41) is 14.7. The number of aromatic nitrogens is 4. The molecule has 0 aliphatic carbocycles. The first-order valence-electron chi connectivity index (χ1n) is 16.8. The molecule has 0 bridgehead atoms. The first-order valence-corrected chi connectivity index (χ1v) is 17.2. The van der Waals surface area contributed by atoms with E-state index < -0.39 is 5.60 Å². The van der Waals surface area contributed by atoms with Crippen LogP contribution in [0.1, 0.15) is 68.4 Å². The van der Waals surface area contributed by atoms with Gasteiger partial charge in [-0.25, -0.2) is 14.3 Å². The average molecular weight is 700 g/mol. The number of pyridine rings is 1. The predicted octanol–water partition coefficient (Wildman–Crippen LogP) is 6.52. The van der Waals surface area contributed by atoms with Crippen LogP contribution >= 0.6 is 11.6 Å². The van der Waals surface area contributed by atoms with Crippen LogP contribution in [0, 0.1) is 23.7 Å². The van der Waals surface area contributed by atoms with Crippen molar-refractivity contribution >= 4 is 34.8 Å². The molecule has 2 saturated heterocycles. The van der Waals surface area contributed by atoms with Crippen LogP contribution < -0.4 is 9.64 Å². The molecule has 4 aromatic rings. The normalized spacial score (nSPS) is 17.7. The van der Waals surface area contributed by atoms with Crippen molar-refractivity contribution in [2.45, 2.75) is 65.6 Å². The van der Waals surface area contributed by atoms with E-state index in [2.05, 4.69) is 23.0 Å². The molecule has 2 fully saturated rings. The maximum atomic E-state index is 13.2. The number of carbonyl (C=O) groups excluding carboxylic acids is 2. The summed E-state index contributed by atoms with van der Waals surface area (Å²) in [5.74, 6) is 1.32. The fourth-order valence-corrected chi connectivity index (χ4v) is 6.82. The Morgan fingerprint density at radius 3 is 2.60 bits per heavy atom. The maximum absolute atomic E-state index is 13.2. The van der Waals surface area contributed by atoms with Gasteiger partial charge in [-0.2, -0.15) is 10.4 Å². The highest BCUT2D eigenvalue weighted by molar-refractivity contribution is 6.34. The minimum absolute atomic E-state index is 0.0800. The molecule has 13 heteroatoms. The molecule has 262 valence electrons. The Bertz CT molecular complexity index is 1900. The summed E-state index contributed by atoms with van der Waals surface area (Å²) < 4.78 is 19.2. The molecular weight excluding hydrogens is 658 g/mol. The Morgan fingerprint density at radius 2 is 1.92 bits per heavy atom. The third-order valence-corrected chi connectivity index (χ3v) is 9.55. The number of aryl methyl sites for hydroxylation is 1. The molecule has 2 aliphatic heterocycles. The fraction of sp³-hybridized carbons (Fsp3) is 0.459. The average Bonchev–Trinajstić information content (AvgIpc) is 3.50. The van der Waals surface area contributed by atoms with Gasteiger partial charge >= 0.3 is 6.09 Å². The van der Waals surface area contributed by atoms with E-state index in [1.165, 1.54) is 6.20 Å². The fourth-order valence-electron chi connectivity index (χ4n) is 6.49. The van der Waals surface area contributed by atoms with Crippen LogP contribution in [0.3, 0.4) is 0 Å². The molecule has 0 unspecified atom stereocenters. The van der Waals surface area contributed by atoms with Crippen LogP contribution in [0.15, 0.2) is 49.1 Å². The van der Waals surface area contributed by atoms with Crippen LogP contribution in [-0.4, -0.2) is 87.5 Å². The number of fused-ring (bicyclic) bond motifs is 1. The van der Waals surface area contributed by atoms with E-state index in [0.29, 0.717) is 64.8 Å². The van der Waals surface area contributed by atoms with E-state index in [0.717, 1.165) is 37.3 Å². The minimum Gasteiger partial charge on any atom is -0.489 e. The number of nitrogens with zero attached hydrogens (tertiary/aromatic N) is 7. The van der Waals surface area contributed by atoms with Gasteiger partial charge in [-0.05, 0) is 63.6 Å². The molecule has 0 N–H and O–H groups in total. The lowest BCUT2D eigenvalue weighted by Gasteiger charge is -2.39. The summed E-state index contributed by atoms with van der Waals surface area (Å²) in [7, 11) is 0. The van der Waals surface area contributed by atoms with Gasteiger partial charge in [0.1, 0.15) is 35.9 Å². The number of hydrogen-bond acceptors (Lipinski definition) is 10. The second kappa shape index (κ2) is 14.2. The minimum atomic E-state index is -0.589. The molecule has 0 radical (unpaired) electrons. The summed E-state index contributed by atoms with van der Waals surface area (Å²) in [6.07, 6.45) is 8.01. The van der Waals surface area contributed by atoms with Crippen LogP contribution in [0.25, 0.3) is 16.8 Å². The Labute approximate surface area is 296 Å². The topological polar surface area (TPSA) is 135 Å². The third-order valence-electron chi connectivity index (χ3n) is 9.23. The number of morpholine rings is 1. The number of carbonyl (C=O) groups is 2. The molecule has 0 spiro atoms. The zero-order valence-corrected chi connectivity index (χ0v) is 29.9. The van der Waals surface area contributed by atoms with Crippen LogP contribution in [-0.2, 0) is 9.47 Å². The number of ether oxygens (including phenoxy) is 3. The first kappa shape index (κ1) is 35.1. The molecule has 3 aromatic heterocycles. The monoisotopic (exact) mass is 699 g/mol. The second-order valence-electron chi connectivity index (χ2n) is 14.4. The van der Waals surface area contributed by atoms with Crippen molar-refractivity contribution in [2.24, 2.45) is 5.41 Å². The first-order chi connectivity index (χ1) is 23.8. The van der Waals surface area contributed by atoms with Gasteiger partial charge in [-0.1, -0.05) is 30.7 Å². The summed E-state index contributed by atoms with van der Waals surface area (Å²) in [6.45, 7) is 12.4. The number of Topliss-reactive ketones (excluding diaryl/α,β-unsaturated/α-hetero) is 1. The van der Waals surface area contributed by atoms with Gasteiger partial charge in [0.05, 0.1) is 59.7 Å². The maximum Gasteiger partial charge on any atom is 0.410 e. The molecule has 2 aliphatic rings. The number of anilines is 1. The number of hydrogen-bond donors (Lipinski definition) is 0. The molecule has 1 aromatic carbocycles. The van der Waals surface area contributed by atoms with Crippen molar-refractivity contribution < 1.29 is 23.8 Å². The van der Waals surface area contributed by atoms with Gasteiger partial charge < -0.3 is 24.0 Å². The molecule has 1 atom stereocenters. The quantitative estimate of drug-likeness (QED) is 0.187. The molecule has 0 saturated carbocycles. The second-order valence-corrected chi connectivity index (χ2v) is 14.8. The Hall–Kier alpha value is -4.73. The van der Waals surface area contributed by atoms with Crippen molar-refractivity contribution in [2.75, 3.05) is 44.3 Å². The summed E-state index contributed by atoms with van der Waals surface area (Å²) >= 11 is 6.38. The van der Waals surface area contributed by atoms with Crippen molar-refractivity contribution in [3.8, 4) is 23.1 Å². The zero-order valence-electron chi connectivity index (χ0n) is 29.1. The summed E-state index contributed by atoms with van der Waals surface area (Å²) in [6, 6.07) is 9.59. The highest BCUT2D eigenvalue weighted by Gasteiger charge is 2.34. The van der Waals surface area contributed by atoms with E-state index in [-0.39, 0.29) is 30.0 Å². The standard InChI is InChI=1S/C37H42ClN7O5/c1-24-7-6-8-29(38)33(24)31(46)16-37(5)9-11-43(12-10-37)32-20-40-30(19-41-32)28-15-26(22-45-34(28)25(17-39)18-42-45)49-23-27-21-44(13-14-48-27)35(47)50-36(2,3)4/h6-8,15,18-20,22,27H,9-14,16,21,23H2,1-5H3/t27-/m0/s1. The van der Waals surface area contributed by atoms with Crippen LogP contribution in [0.2, 0.25) is 5.02 Å². The van der Waals surface area contributed by atoms with Gasteiger partial charge in [-0.3, -0.25) is 9.78 Å². The van der Waals surface area contributed by atoms with Gasteiger partial charge in [0.25, 0.3) is 0 Å². The van der Waals surface area contributed by atoms with E-state index in [4.69, 9.17) is 35.8 Å². The number of benzene rings is 1. The summed E-state index contributed by atoms with van der Waals surface area (Å²) in [4.78, 5) is 39.2. The Morgan fingerprint density at radius 1 is 1.14 bits per heavy atom. The highest BCUT2D eigenvalue weighted by Crippen LogP contribution is 2.38. The lowest BCUT2D eigenvalue weighted by molar-refractivity contribution is -0.0557. The number of rotatable bonds is 8. The van der Waals surface area contributed by atoms with Crippen molar-refractivity contribution in [3.05, 3.63) is 70.8 Å². The van der Waals surface area contributed by atoms with E-state index in [1.54, 1.807) is 34.1 Å². The Balaban J connectivity index is 1.13. The third kappa shape index (κ3) is 7.85. The molecule has 50 heavy (non-hydrogen) atoms. The predicted molar refractivity (Wildman–Crippen MR) is 189 cm³/mol. The smallest absolute Gasteiger partial charge is 0.410 e. The Kier molecular flexibility index (Phi) is 10.0. The van der Waals surface area contributed by atoms with Crippen molar-refractivity contribution in [1.29, 1.82) is 5.26 Å². The largest absolute Gasteiger partial charge is 0.489 e. The number of piperidine rings is 1. The lowest BCUT2D eigenvalue weighted by Crippen LogP contribution is -2.49. The van der Waals surface area contributed by atoms with E-state index in [9.17, 15) is 14.9 Å². The zero-order chi connectivity index (χ0) is 35.6. The van der Waals surface area contributed by atoms with Crippen LogP contribution in [0.5, 0.6) is 5.75 Å². The van der Waals surface area contributed by atoms with Gasteiger partial charge in [-0.15, -0.1) is 0 Å². The molecule has 6 rings (SSSR count). The van der Waals surface area contributed by atoms with Gasteiger partial charge in [0.15, 0.2) is 5.78 Å². The number of ketones is 1. The van der Waals surface area contributed by atoms with Crippen LogP contribution in [0.4, 0.5) is 10.6 Å². The lowest BCUT2D eigenvalue weighted by atomic mass is 9.75. The number of amides is 1. The molecule has 5 heterocycles. The van der Waals surface area contributed by atoms with E-state index >= 15 is 0 Å².